The van der Waals surface area contributed by atoms with Crippen molar-refractivity contribution in [3.8, 4) is 0 Å². The molecule has 2 nitrogen and oxygen atoms in total. The molecule has 18 heavy (non-hydrogen) atoms. The number of nitrogens with one attached hydrogen (secondary N) is 1. The van der Waals surface area contributed by atoms with Crippen LogP contribution in [0, 0.1) is 0 Å². The third-order valence-corrected chi connectivity index (χ3v) is 3.40. The Hall–Kier alpha value is -1.58. The third kappa shape index (κ3) is 4.02. The summed E-state index contributed by atoms with van der Waals surface area (Å²) >= 11 is 7.41. The fourth-order valence-corrected chi connectivity index (χ4v) is 2.19. The molecule has 1 N–H and O–H groups in total. The molecule has 0 aliphatic carbocycles. The molecule has 1 aromatic heterocycles. The van der Waals surface area contributed by atoms with Crippen LogP contribution in [0.25, 0.3) is 6.08 Å². The molecule has 1 amide bonds. The van der Waals surface area contributed by atoms with E-state index in [0.717, 1.165) is 10.4 Å². The predicted octanol–water partition coefficient (Wildman–Crippen LogP) is 3.73. The molecule has 0 spiro atoms. The molecule has 0 aliphatic heterocycles. The lowest BCUT2D eigenvalue weighted by Gasteiger charge is -2.00. The minimum atomic E-state index is -0.0369. The van der Waals surface area contributed by atoms with Crippen molar-refractivity contribution in [3.05, 3.63) is 63.4 Å². The van der Waals surface area contributed by atoms with E-state index < -0.39 is 0 Å². The summed E-state index contributed by atoms with van der Waals surface area (Å²) in [5.41, 5.74) is 0.946. The van der Waals surface area contributed by atoms with Crippen molar-refractivity contribution < 1.29 is 4.79 Å². The van der Waals surface area contributed by atoms with Gasteiger partial charge in [0.1, 0.15) is 0 Å². The summed E-state index contributed by atoms with van der Waals surface area (Å²) in [5.74, 6) is -0.0369. The summed E-state index contributed by atoms with van der Waals surface area (Å²) in [6.07, 6.45) is 3.90. The van der Waals surface area contributed by atoms with E-state index in [1.54, 1.807) is 29.7 Å². The Bertz CT molecular complexity index is 531. The second kappa shape index (κ2) is 6.38. The Kier molecular flexibility index (Phi) is 4.56. The van der Waals surface area contributed by atoms with Gasteiger partial charge in [0.25, 0.3) is 0 Å². The molecular formula is C14H12ClNOS. The number of amides is 1. The molecule has 0 radical (unpaired) electrons. The summed E-state index contributed by atoms with van der Waals surface area (Å²) < 4.78 is 0. The largest absolute Gasteiger partial charge is 0.332 e. The quantitative estimate of drug-likeness (QED) is 0.906. The van der Waals surface area contributed by atoms with Crippen LogP contribution in [0.2, 0.25) is 5.02 Å². The van der Waals surface area contributed by atoms with Crippen molar-refractivity contribution in [1.82, 2.24) is 5.32 Å². The molecule has 1 heterocycles. The minimum absolute atomic E-state index is 0.0369. The van der Waals surface area contributed by atoms with Crippen LogP contribution in [0.4, 0.5) is 0 Å². The molecular weight excluding hydrogens is 266 g/mol. The zero-order valence-corrected chi connectivity index (χ0v) is 11.2. The summed E-state index contributed by atoms with van der Waals surface area (Å²) in [7, 11) is 0. The minimum Gasteiger partial charge on any atom is -0.332 e. The van der Waals surface area contributed by atoms with Crippen molar-refractivity contribution >= 4 is 34.9 Å². The molecule has 0 saturated heterocycles. The van der Waals surface area contributed by atoms with Crippen LogP contribution in [0.3, 0.4) is 0 Å². The van der Waals surface area contributed by atoms with E-state index >= 15 is 0 Å². The first kappa shape index (κ1) is 12.9. The normalized spacial score (nSPS) is 10.7. The van der Waals surface area contributed by atoms with Gasteiger partial charge in [-0.05, 0) is 35.2 Å². The molecule has 0 unspecified atom stereocenters. The summed E-state index contributed by atoms with van der Waals surface area (Å²) in [6.45, 7) is 0. The summed E-state index contributed by atoms with van der Waals surface area (Å²) in [6, 6.07) is 11.2. The smallest absolute Gasteiger partial charge is 0.228 e. The van der Waals surface area contributed by atoms with E-state index in [4.69, 9.17) is 11.6 Å². The predicted molar refractivity (Wildman–Crippen MR) is 76.7 cm³/mol. The second-order valence-electron chi connectivity index (χ2n) is 3.72. The highest BCUT2D eigenvalue weighted by Gasteiger charge is 2.00. The van der Waals surface area contributed by atoms with Crippen molar-refractivity contribution in [2.24, 2.45) is 0 Å². The lowest BCUT2D eigenvalue weighted by atomic mass is 10.1. The number of hydrogen-bond acceptors (Lipinski definition) is 2. The fourth-order valence-electron chi connectivity index (χ4n) is 1.44. The maximum atomic E-state index is 11.6. The number of rotatable bonds is 4. The first-order valence-corrected chi connectivity index (χ1v) is 6.74. The maximum Gasteiger partial charge on any atom is 0.228 e. The molecule has 0 bridgehead atoms. The van der Waals surface area contributed by atoms with Gasteiger partial charge in [0.2, 0.25) is 5.91 Å². The average Bonchev–Trinajstić information content (AvgIpc) is 2.85. The lowest BCUT2D eigenvalue weighted by Crippen LogP contribution is -2.18. The zero-order valence-electron chi connectivity index (χ0n) is 9.60. The molecule has 0 aliphatic rings. The van der Waals surface area contributed by atoms with E-state index in [-0.39, 0.29) is 5.91 Å². The first-order chi connectivity index (χ1) is 8.74. The van der Waals surface area contributed by atoms with Gasteiger partial charge >= 0.3 is 0 Å². The molecule has 92 valence electrons. The molecule has 1 aromatic carbocycles. The van der Waals surface area contributed by atoms with Gasteiger partial charge in [-0.1, -0.05) is 29.8 Å². The topological polar surface area (TPSA) is 29.1 Å². The van der Waals surface area contributed by atoms with E-state index in [1.807, 2.05) is 35.7 Å². The van der Waals surface area contributed by atoms with Crippen LogP contribution in [0.15, 0.2) is 48.0 Å². The van der Waals surface area contributed by atoms with E-state index in [9.17, 15) is 4.79 Å². The Morgan fingerprint density at radius 2 is 2.06 bits per heavy atom. The van der Waals surface area contributed by atoms with Gasteiger partial charge < -0.3 is 5.32 Å². The first-order valence-electron chi connectivity index (χ1n) is 5.48. The van der Waals surface area contributed by atoms with Gasteiger partial charge in [0.15, 0.2) is 0 Å². The number of carbonyl (C=O) groups excluding carboxylic acids is 1. The maximum absolute atomic E-state index is 11.6. The van der Waals surface area contributed by atoms with E-state index in [0.29, 0.717) is 11.4 Å². The fraction of sp³-hybridized carbons (Fsp3) is 0.0714. The van der Waals surface area contributed by atoms with Crippen LogP contribution in [0.1, 0.15) is 10.4 Å². The van der Waals surface area contributed by atoms with E-state index in [1.165, 1.54) is 0 Å². The van der Waals surface area contributed by atoms with Crippen LogP contribution in [-0.4, -0.2) is 5.91 Å². The van der Waals surface area contributed by atoms with Crippen LogP contribution >= 0.6 is 22.9 Å². The Balaban J connectivity index is 1.84. The van der Waals surface area contributed by atoms with Gasteiger partial charge in [-0.2, -0.15) is 0 Å². The van der Waals surface area contributed by atoms with Crippen LogP contribution in [0.5, 0.6) is 0 Å². The molecule has 0 atom stereocenters. The lowest BCUT2D eigenvalue weighted by molar-refractivity contribution is -0.119. The Labute approximate surface area is 115 Å². The molecule has 0 fully saturated rings. The monoisotopic (exact) mass is 277 g/mol. The molecule has 2 rings (SSSR count). The highest BCUT2D eigenvalue weighted by Crippen LogP contribution is 2.10. The van der Waals surface area contributed by atoms with Crippen molar-refractivity contribution in [2.75, 3.05) is 0 Å². The van der Waals surface area contributed by atoms with Gasteiger partial charge in [-0.15, -0.1) is 11.3 Å². The zero-order chi connectivity index (χ0) is 12.8. The molecule has 2 aromatic rings. The van der Waals surface area contributed by atoms with Crippen molar-refractivity contribution in [3.63, 3.8) is 0 Å². The van der Waals surface area contributed by atoms with Gasteiger partial charge in [-0.25, -0.2) is 0 Å². The number of carbonyl (C=O) groups is 1. The van der Waals surface area contributed by atoms with Crippen LogP contribution < -0.4 is 5.32 Å². The standard InChI is InChI=1S/C14H12ClNOS/c15-12-5-3-11(4-6-12)10-14(17)16-8-7-13-2-1-9-18-13/h1-9H,10H2,(H,16,17). The highest BCUT2D eigenvalue weighted by atomic mass is 35.5. The SMILES string of the molecule is O=C(Cc1ccc(Cl)cc1)NC=Cc1cccs1. The number of halogens is 1. The summed E-state index contributed by atoms with van der Waals surface area (Å²) in [4.78, 5) is 12.7. The molecule has 0 saturated carbocycles. The van der Waals surface area contributed by atoms with Gasteiger partial charge in [0.05, 0.1) is 6.42 Å². The van der Waals surface area contributed by atoms with Crippen LogP contribution in [-0.2, 0) is 11.2 Å². The number of hydrogen-bond donors (Lipinski definition) is 1. The molecule has 4 heteroatoms. The Morgan fingerprint density at radius 1 is 1.28 bits per heavy atom. The van der Waals surface area contributed by atoms with Crippen molar-refractivity contribution in [1.29, 1.82) is 0 Å². The average molecular weight is 278 g/mol. The number of thiophene rings is 1. The number of benzene rings is 1. The second-order valence-corrected chi connectivity index (χ2v) is 5.14. The summed E-state index contributed by atoms with van der Waals surface area (Å²) in [5, 5.41) is 5.41. The highest BCUT2D eigenvalue weighted by molar-refractivity contribution is 7.10. The van der Waals surface area contributed by atoms with Gasteiger partial charge in [-0.3, -0.25) is 4.79 Å². The van der Waals surface area contributed by atoms with Gasteiger partial charge in [0, 0.05) is 16.1 Å². The van der Waals surface area contributed by atoms with Crippen molar-refractivity contribution in [2.45, 2.75) is 6.42 Å². The van der Waals surface area contributed by atoms with E-state index in [2.05, 4.69) is 5.32 Å². The third-order valence-electron chi connectivity index (χ3n) is 2.31. The Morgan fingerprint density at radius 3 is 2.72 bits per heavy atom.